The first-order valence-corrected chi connectivity index (χ1v) is 9.36. The van der Waals surface area contributed by atoms with Crippen LogP contribution in [0.25, 0.3) is 5.57 Å². The van der Waals surface area contributed by atoms with Gasteiger partial charge in [-0.25, -0.2) is 15.0 Å². The van der Waals surface area contributed by atoms with E-state index in [2.05, 4.69) is 31.7 Å². The molecule has 0 amide bonds. The van der Waals surface area contributed by atoms with E-state index in [0.717, 1.165) is 35.1 Å². The minimum absolute atomic E-state index is 0.514. The van der Waals surface area contributed by atoms with Crippen LogP contribution in [0, 0.1) is 11.3 Å². The molecule has 3 heterocycles. The van der Waals surface area contributed by atoms with Gasteiger partial charge in [-0.05, 0) is 24.6 Å². The van der Waals surface area contributed by atoms with Crippen molar-refractivity contribution in [3.8, 4) is 6.07 Å². The molecule has 0 atom stereocenters. The summed E-state index contributed by atoms with van der Waals surface area (Å²) in [4.78, 5) is 13.9. The Morgan fingerprint density at radius 1 is 1.26 bits per heavy atom. The third-order valence-corrected chi connectivity index (χ3v) is 5.12. The first kappa shape index (κ1) is 17.1. The summed E-state index contributed by atoms with van der Waals surface area (Å²) in [7, 11) is 0. The number of aryl methyl sites for hydroxylation is 1. The number of thioether (sulfide) groups is 1. The summed E-state index contributed by atoms with van der Waals surface area (Å²) in [6.07, 6.45) is 8.10. The molecule has 0 aliphatic carbocycles. The Bertz CT molecular complexity index is 978. The molecule has 0 saturated carbocycles. The van der Waals surface area contributed by atoms with Gasteiger partial charge in [-0.3, -0.25) is 0 Å². The van der Waals surface area contributed by atoms with Crippen LogP contribution in [-0.4, -0.2) is 26.1 Å². The molecule has 134 valence electrons. The van der Waals surface area contributed by atoms with Crippen molar-refractivity contribution < 1.29 is 0 Å². The molecule has 7 nitrogen and oxygen atoms in total. The smallest absolute Gasteiger partial charge is 0.223 e. The fourth-order valence-electron chi connectivity index (χ4n) is 2.72. The Labute approximate surface area is 161 Å². The molecule has 0 unspecified atom stereocenters. The van der Waals surface area contributed by atoms with Crippen molar-refractivity contribution in [3.63, 3.8) is 0 Å². The molecule has 1 aromatic carbocycles. The van der Waals surface area contributed by atoms with Gasteiger partial charge in [-0.1, -0.05) is 23.9 Å². The molecule has 0 bridgehead atoms. The van der Waals surface area contributed by atoms with Gasteiger partial charge in [0.2, 0.25) is 5.95 Å². The number of allylic oxidation sites excluding steroid dienone is 1. The summed E-state index contributed by atoms with van der Waals surface area (Å²) in [5.41, 5.74) is 2.13. The Hall–Kier alpha value is -3.31. The topological polar surface area (TPSA) is 91.5 Å². The Morgan fingerprint density at radius 3 is 3.00 bits per heavy atom. The van der Waals surface area contributed by atoms with Crippen molar-refractivity contribution in [2.45, 2.75) is 17.9 Å². The summed E-state index contributed by atoms with van der Waals surface area (Å²) in [5.74, 6) is 0.520. The maximum atomic E-state index is 9.68. The SMILES string of the molecule is N#C/C(=C1/Nc2ccccc2S1)c1ccnc(NCCCn2ccnc2)n1. The van der Waals surface area contributed by atoms with E-state index in [0.29, 0.717) is 17.2 Å². The molecule has 27 heavy (non-hydrogen) atoms. The van der Waals surface area contributed by atoms with E-state index in [4.69, 9.17) is 0 Å². The number of imidazole rings is 1. The number of nitriles is 1. The number of benzene rings is 1. The Kier molecular flexibility index (Phi) is 5.03. The molecule has 0 fully saturated rings. The highest BCUT2D eigenvalue weighted by molar-refractivity contribution is 8.04. The van der Waals surface area contributed by atoms with Gasteiger partial charge < -0.3 is 15.2 Å². The second kappa shape index (κ2) is 7.93. The molecule has 2 N–H and O–H groups in total. The number of nitrogens with zero attached hydrogens (tertiary/aromatic N) is 5. The number of anilines is 2. The summed E-state index contributed by atoms with van der Waals surface area (Å²) < 4.78 is 2.03. The maximum absolute atomic E-state index is 9.68. The van der Waals surface area contributed by atoms with E-state index in [9.17, 15) is 5.26 Å². The van der Waals surface area contributed by atoms with Crippen molar-refractivity contribution in [2.24, 2.45) is 0 Å². The van der Waals surface area contributed by atoms with Crippen LogP contribution >= 0.6 is 11.8 Å². The average molecular weight is 375 g/mol. The number of aromatic nitrogens is 4. The zero-order valence-corrected chi connectivity index (χ0v) is 15.3. The quantitative estimate of drug-likeness (QED) is 0.502. The van der Waals surface area contributed by atoms with Crippen molar-refractivity contribution in [1.82, 2.24) is 19.5 Å². The fourth-order valence-corrected chi connectivity index (χ4v) is 3.73. The van der Waals surface area contributed by atoms with Gasteiger partial charge in [0.25, 0.3) is 0 Å². The summed E-state index contributed by atoms with van der Waals surface area (Å²) in [6.45, 7) is 1.61. The number of hydrogen-bond acceptors (Lipinski definition) is 7. The van der Waals surface area contributed by atoms with E-state index < -0.39 is 0 Å². The van der Waals surface area contributed by atoms with Gasteiger partial charge in [0.05, 0.1) is 22.7 Å². The largest absolute Gasteiger partial charge is 0.354 e. The summed E-state index contributed by atoms with van der Waals surface area (Å²) >= 11 is 1.55. The third-order valence-electron chi connectivity index (χ3n) is 4.03. The minimum atomic E-state index is 0.514. The lowest BCUT2D eigenvalue weighted by Crippen LogP contribution is -2.09. The molecule has 2 aromatic heterocycles. The van der Waals surface area contributed by atoms with Gasteiger partial charge >= 0.3 is 0 Å². The van der Waals surface area contributed by atoms with Crippen LogP contribution < -0.4 is 10.6 Å². The highest BCUT2D eigenvalue weighted by Crippen LogP contribution is 2.43. The predicted octanol–water partition coefficient (Wildman–Crippen LogP) is 3.59. The summed E-state index contributed by atoms with van der Waals surface area (Å²) in [6, 6.07) is 12.0. The lowest BCUT2D eigenvalue weighted by Gasteiger charge is -2.08. The summed E-state index contributed by atoms with van der Waals surface area (Å²) in [5, 5.41) is 17.0. The van der Waals surface area contributed by atoms with Crippen LogP contribution in [0.5, 0.6) is 0 Å². The van der Waals surface area contributed by atoms with Crippen molar-refractivity contribution in [2.75, 3.05) is 17.2 Å². The van der Waals surface area contributed by atoms with Crippen molar-refractivity contribution in [3.05, 3.63) is 66.0 Å². The van der Waals surface area contributed by atoms with Crippen LogP contribution in [0.1, 0.15) is 12.1 Å². The van der Waals surface area contributed by atoms with E-state index >= 15 is 0 Å². The second-order valence-corrected chi connectivity index (χ2v) is 6.94. The van der Waals surface area contributed by atoms with Gasteiger partial charge in [0.15, 0.2) is 0 Å². The predicted molar refractivity (Wildman–Crippen MR) is 106 cm³/mol. The normalized spacial score (nSPS) is 14.2. The maximum Gasteiger partial charge on any atom is 0.223 e. The lowest BCUT2D eigenvalue weighted by molar-refractivity contribution is 0.659. The fraction of sp³-hybridized carbons (Fsp3) is 0.158. The lowest BCUT2D eigenvalue weighted by atomic mass is 10.2. The molecule has 3 aromatic rings. The first-order chi connectivity index (χ1) is 13.3. The zero-order chi connectivity index (χ0) is 18.5. The van der Waals surface area contributed by atoms with Crippen molar-refractivity contribution >= 4 is 29.0 Å². The highest BCUT2D eigenvalue weighted by atomic mass is 32.2. The van der Waals surface area contributed by atoms with Gasteiger partial charge in [0.1, 0.15) is 11.6 Å². The highest BCUT2D eigenvalue weighted by Gasteiger charge is 2.20. The molecule has 0 radical (unpaired) electrons. The molecule has 0 saturated heterocycles. The number of hydrogen-bond donors (Lipinski definition) is 2. The molecule has 1 aliphatic heterocycles. The average Bonchev–Trinajstić information content (AvgIpc) is 3.36. The molecular weight excluding hydrogens is 358 g/mol. The third kappa shape index (κ3) is 3.93. The Balaban J connectivity index is 1.45. The monoisotopic (exact) mass is 375 g/mol. The van der Waals surface area contributed by atoms with Gasteiger partial charge in [-0.15, -0.1) is 0 Å². The standard InChI is InChI=1S/C19H17N7S/c20-12-14(18-24-16-4-1-2-5-17(16)27-18)15-6-8-23-19(25-15)22-7-3-10-26-11-9-21-13-26/h1-2,4-6,8-9,11,13,24H,3,7,10H2,(H,22,23,25)/b18-14+. The van der Waals surface area contributed by atoms with Crippen LogP contribution in [0.2, 0.25) is 0 Å². The number of rotatable bonds is 6. The van der Waals surface area contributed by atoms with Crippen LogP contribution in [0.4, 0.5) is 11.6 Å². The number of para-hydroxylation sites is 1. The first-order valence-electron chi connectivity index (χ1n) is 8.55. The van der Waals surface area contributed by atoms with Crippen LogP contribution in [0.3, 0.4) is 0 Å². The van der Waals surface area contributed by atoms with E-state index in [1.165, 1.54) is 0 Å². The van der Waals surface area contributed by atoms with E-state index in [1.54, 1.807) is 36.5 Å². The molecule has 0 spiro atoms. The molecule has 8 heteroatoms. The minimum Gasteiger partial charge on any atom is -0.354 e. The zero-order valence-electron chi connectivity index (χ0n) is 14.5. The molecule has 4 rings (SSSR count). The van der Waals surface area contributed by atoms with E-state index in [-0.39, 0.29) is 0 Å². The number of nitrogens with one attached hydrogen (secondary N) is 2. The second-order valence-electron chi connectivity index (χ2n) is 5.89. The molecule has 1 aliphatic rings. The van der Waals surface area contributed by atoms with E-state index in [1.807, 2.05) is 35.0 Å². The van der Waals surface area contributed by atoms with Crippen LogP contribution in [-0.2, 0) is 6.54 Å². The van der Waals surface area contributed by atoms with Crippen LogP contribution in [0.15, 0.2) is 65.2 Å². The Morgan fingerprint density at radius 2 is 2.19 bits per heavy atom. The number of fused-ring (bicyclic) bond motifs is 1. The van der Waals surface area contributed by atoms with Crippen molar-refractivity contribution in [1.29, 1.82) is 5.26 Å². The van der Waals surface area contributed by atoms with Gasteiger partial charge in [0, 0.05) is 36.6 Å². The molecular formula is C19H17N7S. The van der Waals surface area contributed by atoms with Gasteiger partial charge in [-0.2, -0.15) is 5.26 Å².